The summed E-state index contributed by atoms with van der Waals surface area (Å²) in [7, 11) is 0. The Labute approximate surface area is 118 Å². The Kier molecular flexibility index (Phi) is 4.27. The van der Waals surface area contributed by atoms with Crippen LogP contribution in [0, 0.1) is 6.92 Å². The van der Waals surface area contributed by atoms with Gasteiger partial charge in [0.25, 0.3) is 0 Å². The van der Waals surface area contributed by atoms with Gasteiger partial charge in [0, 0.05) is 18.8 Å². The Morgan fingerprint density at radius 3 is 2.70 bits per heavy atom. The number of carboxylic acids is 1. The third-order valence-corrected chi connectivity index (χ3v) is 3.74. The molecule has 0 aromatic heterocycles. The lowest BCUT2D eigenvalue weighted by atomic mass is 10.2. The van der Waals surface area contributed by atoms with Crippen LogP contribution in [0.1, 0.15) is 25.3 Å². The number of benzene rings is 1. The average molecular weight is 276 g/mol. The van der Waals surface area contributed by atoms with Crippen molar-refractivity contribution in [2.24, 2.45) is 0 Å². The maximum Gasteiger partial charge on any atom is 0.326 e. The Balaban J connectivity index is 2.26. The maximum atomic E-state index is 12.6. The number of aryl methyl sites for hydroxylation is 1. The molecule has 0 bridgehead atoms. The predicted molar refractivity (Wildman–Crippen MR) is 77.0 cm³/mol. The molecule has 0 saturated carbocycles. The number of likely N-dealkylation sites (tertiary alicyclic amines) is 1. The summed E-state index contributed by atoms with van der Waals surface area (Å²) in [4.78, 5) is 27.0. The molecule has 20 heavy (non-hydrogen) atoms. The van der Waals surface area contributed by atoms with Gasteiger partial charge in [0.05, 0.1) is 0 Å². The van der Waals surface area contributed by atoms with Gasteiger partial charge in [-0.25, -0.2) is 9.59 Å². The molecule has 0 spiro atoms. The van der Waals surface area contributed by atoms with Crippen molar-refractivity contribution < 1.29 is 14.7 Å². The van der Waals surface area contributed by atoms with Gasteiger partial charge >= 0.3 is 12.0 Å². The summed E-state index contributed by atoms with van der Waals surface area (Å²) >= 11 is 0. The van der Waals surface area contributed by atoms with Crippen LogP contribution in [0.4, 0.5) is 10.5 Å². The highest BCUT2D eigenvalue weighted by atomic mass is 16.4. The van der Waals surface area contributed by atoms with Crippen LogP contribution in [-0.4, -0.2) is 41.1 Å². The van der Waals surface area contributed by atoms with Gasteiger partial charge in [-0.05, 0) is 38.3 Å². The summed E-state index contributed by atoms with van der Waals surface area (Å²) in [5, 5.41) is 9.20. The van der Waals surface area contributed by atoms with Crippen LogP contribution in [-0.2, 0) is 4.79 Å². The van der Waals surface area contributed by atoms with E-state index in [1.54, 1.807) is 4.90 Å². The van der Waals surface area contributed by atoms with Crippen LogP contribution in [0.3, 0.4) is 0 Å². The molecule has 5 nitrogen and oxygen atoms in total. The molecule has 1 heterocycles. The van der Waals surface area contributed by atoms with E-state index in [1.807, 2.05) is 38.1 Å². The molecule has 1 aliphatic heterocycles. The third kappa shape index (κ3) is 2.61. The number of carboxylic acid groups (broad SMARTS) is 1. The lowest BCUT2D eigenvalue weighted by Crippen LogP contribution is -2.48. The Hall–Kier alpha value is -2.04. The molecule has 1 aliphatic rings. The number of aliphatic carboxylic acids is 1. The smallest absolute Gasteiger partial charge is 0.326 e. The van der Waals surface area contributed by atoms with Gasteiger partial charge in [-0.1, -0.05) is 18.2 Å². The minimum absolute atomic E-state index is 0.216. The largest absolute Gasteiger partial charge is 0.480 e. The first kappa shape index (κ1) is 14.4. The topological polar surface area (TPSA) is 60.9 Å². The first-order chi connectivity index (χ1) is 9.56. The fourth-order valence-corrected chi connectivity index (χ4v) is 2.68. The highest BCUT2D eigenvalue weighted by Gasteiger charge is 2.36. The number of hydrogen-bond donors (Lipinski definition) is 1. The van der Waals surface area contributed by atoms with Crippen LogP contribution in [0.5, 0.6) is 0 Å². The summed E-state index contributed by atoms with van der Waals surface area (Å²) < 4.78 is 0. The summed E-state index contributed by atoms with van der Waals surface area (Å²) in [6, 6.07) is 6.74. The van der Waals surface area contributed by atoms with Crippen LogP contribution in [0.25, 0.3) is 0 Å². The van der Waals surface area contributed by atoms with E-state index in [1.165, 1.54) is 4.90 Å². The zero-order valence-electron chi connectivity index (χ0n) is 11.9. The van der Waals surface area contributed by atoms with Gasteiger partial charge in [-0.3, -0.25) is 4.90 Å². The molecule has 1 aromatic rings. The van der Waals surface area contributed by atoms with Crippen molar-refractivity contribution in [3.8, 4) is 0 Å². The van der Waals surface area contributed by atoms with Crippen molar-refractivity contribution in [3.05, 3.63) is 29.8 Å². The van der Waals surface area contributed by atoms with Crippen molar-refractivity contribution in [1.82, 2.24) is 4.90 Å². The van der Waals surface area contributed by atoms with E-state index in [9.17, 15) is 14.7 Å². The average Bonchev–Trinajstić information content (AvgIpc) is 2.91. The summed E-state index contributed by atoms with van der Waals surface area (Å²) in [5.41, 5.74) is 1.85. The zero-order valence-corrected chi connectivity index (χ0v) is 11.9. The van der Waals surface area contributed by atoms with Crippen molar-refractivity contribution in [2.75, 3.05) is 18.0 Å². The van der Waals surface area contributed by atoms with Gasteiger partial charge in [0.2, 0.25) is 0 Å². The SMILES string of the molecule is CCN(C(=O)N1CCC[C@H]1C(=O)O)c1ccccc1C. The number of anilines is 1. The molecule has 108 valence electrons. The highest BCUT2D eigenvalue weighted by molar-refractivity contribution is 5.95. The fourth-order valence-electron chi connectivity index (χ4n) is 2.68. The maximum absolute atomic E-state index is 12.6. The van der Waals surface area contributed by atoms with E-state index in [0.717, 1.165) is 17.7 Å². The van der Waals surface area contributed by atoms with Crippen molar-refractivity contribution in [1.29, 1.82) is 0 Å². The Morgan fingerprint density at radius 2 is 2.10 bits per heavy atom. The lowest BCUT2D eigenvalue weighted by Gasteiger charge is -2.30. The van der Waals surface area contributed by atoms with Crippen LogP contribution in [0.2, 0.25) is 0 Å². The van der Waals surface area contributed by atoms with E-state index >= 15 is 0 Å². The van der Waals surface area contributed by atoms with E-state index < -0.39 is 12.0 Å². The molecule has 0 aliphatic carbocycles. The number of rotatable bonds is 3. The fraction of sp³-hybridized carbons (Fsp3) is 0.467. The van der Waals surface area contributed by atoms with Crippen molar-refractivity contribution in [3.63, 3.8) is 0 Å². The lowest BCUT2D eigenvalue weighted by molar-refractivity contribution is -0.141. The van der Waals surface area contributed by atoms with Gasteiger partial charge in [-0.2, -0.15) is 0 Å². The highest BCUT2D eigenvalue weighted by Crippen LogP contribution is 2.24. The molecule has 1 atom stereocenters. The molecular weight excluding hydrogens is 256 g/mol. The molecule has 1 N–H and O–H groups in total. The first-order valence-electron chi connectivity index (χ1n) is 6.92. The van der Waals surface area contributed by atoms with Gasteiger partial charge < -0.3 is 10.0 Å². The Bertz CT molecular complexity index is 516. The molecule has 0 radical (unpaired) electrons. The zero-order chi connectivity index (χ0) is 14.7. The van der Waals surface area contributed by atoms with Gasteiger partial charge in [0.1, 0.15) is 6.04 Å². The standard InChI is InChI=1S/C15H20N2O3/c1-3-16(12-8-5-4-7-11(12)2)15(20)17-10-6-9-13(17)14(18)19/h4-5,7-8,13H,3,6,9-10H2,1-2H3,(H,18,19)/t13-/m0/s1. The van der Waals surface area contributed by atoms with E-state index in [-0.39, 0.29) is 6.03 Å². The second-order valence-corrected chi connectivity index (χ2v) is 5.00. The molecule has 2 amide bonds. The molecule has 2 rings (SSSR count). The summed E-state index contributed by atoms with van der Waals surface area (Å²) in [6.45, 7) is 4.88. The molecule has 5 heteroatoms. The second kappa shape index (κ2) is 5.94. The van der Waals surface area contributed by atoms with Crippen LogP contribution in [0.15, 0.2) is 24.3 Å². The summed E-state index contributed by atoms with van der Waals surface area (Å²) in [6.07, 6.45) is 1.28. The van der Waals surface area contributed by atoms with Gasteiger partial charge in [-0.15, -0.1) is 0 Å². The molecular formula is C15H20N2O3. The number of nitrogens with zero attached hydrogens (tertiary/aromatic N) is 2. The van der Waals surface area contributed by atoms with Crippen molar-refractivity contribution >= 4 is 17.7 Å². The predicted octanol–water partition coefficient (Wildman–Crippen LogP) is 2.49. The molecule has 1 saturated heterocycles. The van der Waals surface area contributed by atoms with Crippen LogP contribution < -0.4 is 4.90 Å². The Morgan fingerprint density at radius 1 is 1.40 bits per heavy atom. The second-order valence-electron chi connectivity index (χ2n) is 5.00. The van der Waals surface area contributed by atoms with Gasteiger partial charge in [0.15, 0.2) is 0 Å². The summed E-state index contributed by atoms with van der Waals surface area (Å²) in [5.74, 6) is -0.920. The van der Waals surface area contributed by atoms with Crippen LogP contribution >= 0.6 is 0 Å². The number of amides is 2. The molecule has 0 unspecified atom stereocenters. The number of carbonyl (C=O) groups excluding carboxylic acids is 1. The first-order valence-corrected chi connectivity index (χ1v) is 6.92. The number of urea groups is 1. The minimum atomic E-state index is -0.920. The molecule has 1 fully saturated rings. The quantitative estimate of drug-likeness (QED) is 0.922. The van der Waals surface area contributed by atoms with E-state index in [0.29, 0.717) is 19.5 Å². The third-order valence-electron chi connectivity index (χ3n) is 3.74. The molecule has 1 aromatic carbocycles. The van der Waals surface area contributed by atoms with Crippen molar-refractivity contribution in [2.45, 2.75) is 32.7 Å². The van der Waals surface area contributed by atoms with E-state index in [2.05, 4.69) is 0 Å². The minimum Gasteiger partial charge on any atom is -0.480 e. The van der Waals surface area contributed by atoms with E-state index in [4.69, 9.17) is 0 Å². The number of para-hydroxylation sites is 1. The monoisotopic (exact) mass is 276 g/mol. The number of carbonyl (C=O) groups is 2. The normalized spacial score (nSPS) is 18.1. The number of hydrogen-bond acceptors (Lipinski definition) is 2.